The van der Waals surface area contributed by atoms with Crippen molar-refractivity contribution in [2.75, 3.05) is 7.11 Å². The standard InChI is InChI=1S/C23H23ClN2O2/c1-28-21-13-9-18(10-14-21)15-25-22(19-5-3-2-4-6-19)23(27)26-16-17-7-11-20(24)12-8-17/h2-14,22,25H,15-16H2,1H3,(H,26,27). The minimum Gasteiger partial charge on any atom is -0.497 e. The molecular weight excluding hydrogens is 372 g/mol. The third-order valence-electron chi connectivity index (χ3n) is 4.44. The van der Waals surface area contributed by atoms with E-state index in [0.717, 1.165) is 22.4 Å². The molecule has 0 radical (unpaired) electrons. The zero-order chi connectivity index (χ0) is 19.8. The van der Waals surface area contributed by atoms with Crippen LogP contribution in [0.15, 0.2) is 78.9 Å². The summed E-state index contributed by atoms with van der Waals surface area (Å²) in [7, 11) is 1.64. The topological polar surface area (TPSA) is 50.4 Å². The molecule has 1 amide bonds. The highest BCUT2D eigenvalue weighted by molar-refractivity contribution is 6.30. The number of halogens is 1. The van der Waals surface area contributed by atoms with Crippen LogP contribution < -0.4 is 15.4 Å². The van der Waals surface area contributed by atoms with Crippen LogP contribution in [0.25, 0.3) is 0 Å². The third kappa shape index (κ3) is 5.59. The summed E-state index contributed by atoms with van der Waals surface area (Å²) >= 11 is 5.92. The van der Waals surface area contributed by atoms with Crippen molar-refractivity contribution in [2.24, 2.45) is 0 Å². The van der Waals surface area contributed by atoms with Crippen molar-refractivity contribution in [3.05, 3.63) is 101 Å². The van der Waals surface area contributed by atoms with E-state index in [-0.39, 0.29) is 5.91 Å². The van der Waals surface area contributed by atoms with Crippen molar-refractivity contribution in [3.8, 4) is 5.75 Å². The van der Waals surface area contributed by atoms with Crippen molar-refractivity contribution in [2.45, 2.75) is 19.1 Å². The summed E-state index contributed by atoms with van der Waals surface area (Å²) in [6.07, 6.45) is 0. The smallest absolute Gasteiger partial charge is 0.242 e. The number of carbonyl (C=O) groups excluding carboxylic acids is 1. The molecule has 1 unspecified atom stereocenters. The minimum atomic E-state index is -0.449. The van der Waals surface area contributed by atoms with E-state index in [4.69, 9.17) is 16.3 Å². The Kier molecular flexibility index (Phi) is 7.06. The van der Waals surface area contributed by atoms with Crippen LogP contribution in [-0.4, -0.2) is 13.0 Å². The maximum atomic E-state index is 12.9. The molecule has 3 aromatic rings. The maximum absolute atomic E-state index is 12.9. The zero-order valence-corrected chi connectivity index (χ0v) is 16.4. The lowest BCUT2D eigenvalue weighted by Gasteiger charge is -2.19. The highest BCUT2D eigenvalue weighted by atomic mass is 35.5. The van der Waals surface area contributed by atoms with Crippen LogP contribution in [0.3, 0.4) is 0 Å². The largest absolute Gasteiger partial charge is 0.497 e. The second kappa shape index (κ2) is 9.93. The predicted octanol–water partition coefficient (Wildman–Crippen LogP) is 4.50. The van der Waals surface area contributed by atoms with E-state index < -0.39 is 6.04 Å². The number of benzene rings is 3. The van der Waals surface area contributed by atoms with E-state index in [1.807, 2.05) is 78.9 Å². The van der Waals surface area contributed by atoms with Gasteiger partial charge in [-0.2, -0.15) is 0 Å². The fourth-order valence-corrected chi connectivity index (χ4v) is 2.99. The molecule has 0 bridgehead atoms. The lowest BCUT2D eigenvalue weighted by atomic mass is 10.1. The summed E-state index contributed by atoms with van der Waals surface area (Å²) in [5.41, 5.74) is 3.00. The minimum absolute atomic E-state index is 0.0744. The molecule has 0 saturated heterocycles. The first-order valence-corrected chi connectivity index (χ1v) is 9.47. The Labute approximate surface area is 170 Å². The quantitative estimate of drug-likeness (QED) is 0.591. The molecule has 2 N–H and O–H groups in total. The Bertz CT molecular complexity index is 881. The summed E-state index contributed by atoms with van der Waals surface area (Å²) < 4.78 is 5.19. The first-order valence-electron chi connectivity index (χ1n) is 9.09. The number of carbonyl (C=O) groups is 1. The van der Waals surface area contributed by atoms with Gasteiger partial charge in [-0.25, -0.2) is 0 Å². The average molecular weight is 395 g/mol. The molecule has 0 saturated carbocycles. The molecule has 3 aromatic carbocycles. The second-order valence-corrected chi connectivity index (χ2v) is 6.85. The van der Waals surface area contributed by atoms with Crippen LogP contribution in [-0.2, 0) is 17.9 Å². The van der Waals surface area contributed by atoms with Gasteiger partial charge in [-0.3, -0.25) is 10.1 Å². The number of rotatable bonds is 8. The van der Waals surface area contributed by atoms with E-state index in [0.29, 0.717) is 18.1 Å². The SMILES string of the molecule is COc1ccc(CNC(C(=O)NCc2ccc(Cl)cc2)c2ccccc2)cc1. The molecule has 0 fully saturated rings. The monoisotopic (exact) mass is 394 g/mol. The Morgan fingerprint density at radius 2 is 1.50 bits per heavy atom. The van der Waals surface area contributed by atoms with Crippen molar-refractivity contribution in [1.29, 1.82) is 0 Å². The summed E-state index contributed by atoms with van der Waals surface area (Å²) in [5, 5.41) is 7.05. The number of amides is 1. The molecule has 0 aliphatic rings. The van der Waals surface area contributed by atoms with Crippen LogP contribution in [0, 0.1) is 0 Å². The molecule has 4 nitrogen and oxygen atoms in total. The third-order valence-corrected chi connectivity index (χ3v) is 4.70. The van der Waals surface area contributed by atoms with Crippen LogP contribution in [0.2, 0.25) is 5.02 Å². The van der Waals surface area contributed by atoms with Crippen LogP contribution in [0.4, 0.5) is 0 Å². The first kappa shape index (κ1) is 19.9. The van der Waals surface area contributed by atoms with E-state index >= 15 is 0 Å². The Morgan fingerprint density at radius 1 is 0.893 bits per heavy atom. The first-order chi connectivity index (χ1) is 13.7. The van der Waals surface area contributed by atoms with E-state index in [1.54, 1.807) is 7.11 Å². The Morgan fingerprint density at radius 3 is 2.14 bits per heavy atom. The summed E-state index contributed by atoms with van der Waals surface area (Å²) in [6, 6.07) is 24.5. The Hall–Kier alpha value is -2.82. The zero-order valence-electron chi connectivity index (χ0n) is 15.7. The van der Waals surface area contributed by atoms with Crippen molar-refractivity contribution < 1.29 is 9.53 Å². The van der Waals surface area contributed by atoms with Gasteiger partial charge in [-0.05, 0) is 41.0 Å². The molecule has 0 aromatic heterocycles. The molecule has 144 valence electrons. The normalized spacial score (nSPS) is 11.6. The lowest BCUT2D eigenvalue weighted by Crippen LogP contribution is -2.37. The van der Waals surface area contributed by atoms with Crippen LogP contribution in [0.1, 0.15) is 22.7 Å². The second-order valence-electron chi connectivity index (χ2n) is 6.42. The van der Waals surface area contributed by atoms with Gasteiger partial charge in [0.2, 0.25) is 5.91 Å². The number of nitrogens with one attached hydrogen (secondary N) is 2. The van der Waals surface area contributed by atoms with Gasteiger partial charge in [0.05, 0.1) is 7.11 Å². The molecule has 0 aliphatic heterocycles. The van der Waals surface area contributed by atoms with Gasteiger partial charge in [-0.1, -0.05) is 66.2 Å². The van der Waals surface area contributed by atoms with Gasteiger partial charge in [0.15, 0.2) is 0 Å². The fraction of sp³-hybridized carbons (Fsp3) is 0.174. The molecule has 0 heterocycles. The molecule has 0 aliphatic carbocycles. The molecule has 1 atom stereocenters. The van der Waals surface area contributed by atoms with Gasteiger partial charge >= 0.3 is 0 Å². The maximum Gasteiger partial charge on any atom is 0.242 e. The van der Waals surface area contributed by atoms with Crippen molar-refractivity contribution >= 4 is 17.5 Å². The molecule has 3 rings (SSSR count). The van der Waals surface area contributed by atoms with Gasteiger partial charge in [-0.15, -0.1) is 0 Å². The van der Waals surface area contributed by atoms with E-state index in [9.17, 15) is 4.79 Å². The van der Waals surface area contributed by atoms with E-state index in [2.05, 4.69) is 10.6 Å². The van der Waals surface area contributed by atoms with Crippen molar-refractivity contribution in [1.82, 2.24) is 10.6 Å². The highest BCUT2D eigenvalue weighted by Gasteiger charge is 2.19. The summed E-state index contributed by atoms with van der Waals surface area (Å²) in [4.78, 5) is 12.9. The molecule has 5 heteroatoms. The Balaban J connectivity index is 1.67. The van der Waals surface area contributed by atoms with Crippen LogP contribution in [0.5, 0.6) is 5.75 Å². The number of hydrogen-bond acceptors (Lipinski definition) is 3. The van der Waals surface area contributed by atoms with Gasteiger partial charge in [0, 0.05) is 18.1 Å². The van der Waals surface area contributed by atoms with Crippen LogP contribution >= 0.6 is 11.6 Å². The number of methoxy groups -OCH3 is 1. The van der Waals surface area contributed by atoms with Gasteiger partial charge < -0.3 is 10.1 Å². The average Bonchev–Trinajstić information content (AvgIpc) is 2.74. The van der Waals surface area contributed by atoms with Gasteiger partial charge in [0.25, 0.3) is 0 Å². The lowest BCUT2D eigenvalue weighted by molar-refractivity contribution is -0.123. The van der Waals surface area contributed by atoms with Crippen molar-refractivity contribution in [3.63, 3.8) is 0 Å². The summed E-state index contributed by atoms with van der Waals surface area (Å²) in [6.45, 7) is 1.02. The highest BCUT2D eigenvalue weighted by Crippen LogP contribution is 2.16. The van der Waals surface area contributed by atoms with E-state index in [1.165, 1.54) is 0 Å². The summed E-state index contributed by atoms with van der Waals surface area (Å²) in [5.74, 6) is 0.735. The molecule has 28 heavy (non-hydrogen) atoms. The number of hydrogen-bond donors (Lipinski definition) is 2. The fourth-order valence-electron chi connectivity index (χ4n) is 2.86. The molecule has 0 spiro atoms. The van der Waals surface area contributed by atoms with Gasteiger partial charge in [0.1, 0.15) is 11.8 Å². The predicted molar refractivity (Wildman–Crippen MR) is 112 cm³/mol. The number of ether oxygens (including phenoxy) is 1. The molecular formula is C23H23ClN2O2.